The fourth-order valence-corrected chi connectivity index (χ4v) is 4.42. The van der Waals surface area contributed by atoms with Gasteiger partial charge in [-0.15, -0.1) is 0 Å². The lowest BCUT2D eigenvalue weighted by Crippen LogP contribution is -2.40. The molecule has 0 unspecified atom stereocenters. The molecule has 2 saturated carbocycles. The number of para-hydroxylation sites is 2. The SMILES string of the molecule is CC(C)(Cc1nc2ccccc2[nH]1)C(=O)N[C@@H]1C[C@H]1C1CCCCC1. The minimum Gasteiger partial charge on any atom is -0.353 e. The van der Waals surface area contributed by atoms with Crippen molar-refractivity contribution in [1.82, 2.24) is 15.3 Å². The Labute approximate surface area is 149 Å². The summed E-state index contributed by atoms with van der Waals surface area (Å²) in [6.45, 7) is 4.04. The first kappa shape index (κ1) is 16.6. The van der Waals surface area contributed by atoms with Gasteiger partial charge in [0.2, 0.25) is 5.91 Å². The Morgan fingerprint density at radius 3 is 2.76 bits per heavy atom. The second kappa shape index (κ2) is 6.47. The molecule has 0 aliphatic heterocycles. The molecule has 4 rings (SSSR count). The fraction of sp³-hybridized carbons (Fsp3) is 0.619. The van der Waals surface area contributed by atoms with Gasteiger partial charge in [-0.3, -0.25) is 4.79 Å². The fourth-order valence-electron chi connectivity index (χ4n) is 4.42. The maximum Gasteiger partial charge on any atom is 0.226 e. The first-order valence-corrected chi connectivity index (χ1v) is 9.77. The van der Waals surface area contributed by atoms with E-state index in [4.69, 9.17) is 0 Å². The van der Waals surface area contributed by atoms with E-state index in [2.05, 4.69) is 15.3 Å². The van der Waals surface area contributed by atoms with E-state index in [1.54, 1.807) is 0 Å². The third kappa shape index (κ3) is 3.58. The molecule has 2 atom stereocenters. The maximum absolute atomic E-state index is 12.8. The summed E-state index contributed by atoms with van der Waals surface area (Å²) in [5, 5.41) is 3.31. The molecule has 134 valence electrons. The van der Waals surface area contributed by atoms with E-state index < -0.39 is 5.41 Å². The van der Waals surface area contributed by atoms with E-state index in [-0.39, 0.29) is 5.91 Å². The van der Waals surface area contributed by atoms with Crippen LogP contribution in [0.15, 0.2) is 24.3 Å². The molecule has 4 nitrogen and oxygen atoms in total. The van der Waals surface area contributed by atoms with Crippen molar-refractivity contribution in [2.75, 3.05) is 0 Å². The molecule has 2 fully saturated rings. The summed E-state index contributed by atoms with van der Waals surface area (Å²) in [6, 6.07) is 8.42. The quantitative estimate of drug-likeness (QED) is 0.857. The van der Waals surface area contributed by atoms with E-state index in [0.717, 1.165) is 28.7 Å². The Hall–Kier alpha value is -1.84. The van der Waals surface area contributed by atoms with Crippen LogP contribution in [0.25, 0.3) is 11.0 Å². The second-order valence-electron chi connectivity index (χ2n) is 8.64. The Bertz CT molecular complexity index is 724. The number of carbonyl (C=O) groups is 1. The van der Waals surface area contributed by atoms with Gasteiger partial charge in [0.15, 0.2) is 0 Å². The van der Waals surface area contributed by atoms with Crippen molar-refractivity contribution in [3.05, 3.63) is 30.1 Å². The number of nitrogens with one attached hydrogen (secondary N) is 2. The van der Waals surface area contributed by atoms with Crippen LogP contribution in [0, 0.1) is 17.3 Å². The highest BCUT2D eigenvalue weighted by molar-refractivity contribution is 5.83. The highest BCUT2D eigenvalue weighted by Gasteiger charge is 2.45. The molecule has 4 heteroatoms. The lowest BCUT2D eigenvalue weighted by Gasteiger charge is -2.24. The van der Waals surface area contributed by atoms with Crippen LogP contribution in [0.5, 0.6) is 0 Å². The van der Waals surface area contributed by atoms with Crippen LogP contribution in [-0.2, 0) is 11.2 Å². The minimum absolute atomic E-state index is 0.163. The van der Waals surface area contributed by atoms with Crippen LogP contribution < -0.4 is 5.32 Å². The van der Waals surface area contributed by atoms with E-state index in [9.17, 15) is 4.79 Å². The lowest BCUT2D eigenvalue weighted by molar-refractivity contribution is -0.129. The summed E-state index contributed by atoms with van der Waals surface area (Å²) in [5.41, 5.74) is 1.55. The number of imidazole rings is 1. The number of aromatic amines is 1. The van der Waals surface area contributed by atoms with Crippen LogP contribution in [0.1, 0.15) is 58.2 Å². The molecular formula is C21H29N3O. The average molecular weight is 339 g/mol. The number of hydrogen-bond donors (Lipinski definition) is 2. The summed E-state index contributed by atoms with van der Waals surface area (Å²) in [5.74, 6) is 2.63. The third-order valence-electron chi connectivity index (χ3n) is 6.07. The van der Waals surface area contributed by atoms with Crippen LogP contribution in [-0.4, -0.2) is 21.9 Å². The number of rotatable bonds is 5. The Morgan fingerprint density at radius 2 is 2.00 bits per heavy atom. The number of amides is 1. The molecule has 0 radical (unpaired) electrons. The van der Waals surface area contributed by atoms with E-state index in [1.165, 1.54) is 38.5 Å². The molecule has 2 aromatic rings. The van der Waals surface area contributed by atoms with Crippen molar-refractivity contribution in [3.63, 3.8) is 0 Å². The normalized spacial score (nSPS) is 24.4. The predicted octanol–water partition coefficient (Wildman–Crippen LogP) is 4.22. The highest BCUT2D eigenvalue weighted by atomic mass is 16.2. The van der Waals surface area contributed by atoms with Gasteiger partial charge in [0, 0.05) is 12.5 Å². The van der Waals surface area contributed by atoms with Gasteiger partial charge in [0.05, 0.1) is 16.4 Å². The zero-order valence-corrected chi connectivity index (χ0v) is 15.3. The number of benzene rings is 1. The van der Waals surface area contributed by atoms with E-state index >= 15 is 0 Å². The van der Waals surface area contributed by atoms with Gasteiger partial charge in [0.1, 0.15) is 5.82 Å². The van der Waals surface area contributed by atoms with Gasteiger partial charge in [-0.25, -0.2) is 4.98 Å². The van der Waals surface area contributed by atoms with Gasteiger partial charge in [-0.1, -0.05) is 58.1 Å². The molecule has 1 heterocycles. The second-order valence-corrected chi connectivity index (χ2v) is 8.64. The first-order chi connectivity index (χ1) is 12.0. The number of aromatic nitrogens is 2. The number of nitrogens with zero attached hydrogens (tertiary/aromatic N) is 1. The third-order valence-corrected chi connectivity index (χ3v) is 6.07. The van der Waals surface area contributed by atoms with Gasteiger partial charge >= 0.3 is 0 Å². The smallest absolute Gasteiger partial charge is 0.226 e. The van der Waals surface area contributed by atoms with Gasteiger partial charge in [0.25, 0.3) is 0 Å². The van der Waals surface area contributed by atoms with Crippen LogP contribution in [0.4, 0.5) is 0 Å². The van der Waals surface area contributed by atoms with Gasteiger partial charge < -0.3 is 10.3 Å². The lowest BCUT2D eigenvalue weighted by atomic mass is 9.85. The van der Waals surface area contributed by atoms with Crippen molar-refractivity contribution in [2.45, 2.75) is 64.8 Å². The predicted molar refractivity (Wildman–Crippen MR) is 100 cm³/mol. The monoisotopic (exact) mass is 339 g/mol. The Kier molecular flexibility index (Phi) is 4.30. The molecular weight excluding hydrogens is 310 g/mol. The zero-order valence-electron chi connectivity index (χ0n) is 15.3. The summed E-state index contributed by atoms with van der Waals surface area (Å²) in [4.78, 5) is 20.8. The summed E-state index contributed by atoms with van der Waals surface area (Å²) >= 11 is 0. The number of carbonyl (C=O) groups excluding carboxylic acids is 1. The molecule has 2 aliphatic carbocycles. The van der Waals surface area contributed by atoms with Crippen LogP contribution in [0.2, 0.25) is 0 Å². The van der Waals surface area contributed by atoms with Crippen molar-refractivity contribution < 1.29 is 4.79 Å². The first-order valence-electron chi connectivity index (χ1n) is 9.77. The van der Waals surface area contributed by atoms with Crippen LogP contribution in [0.3, 0.4) is 0 Å². The summed E-state index contributed by atoms with van der Waals surface area (Å²) in [7, 11) is 0. The van der Waals surface area contributed by atoms with Crippen molar-refractivity contribution in [2.24, 2.45) is 17.3 Å². The molecule has 25 heavy (non-hydrogen) atoms. The Morgan fingerprint density at radius 1 is 1.24 bits per heavy atom. The topological polar surface area (TPSA) is 57.8 Å². The largest absolute Gasteiger partial charge is 0.353 e. The molecule has 0 spiro atoms. The maximum atomic E-state index is 12.8. The molecule has 0 bridgehead atoms. The van der Waals surface area contributed by atoms with Crippen molar-refractivity contribution in [1.29, 1.82) is 0 Å². The molecule has 2 N–H and O–H groups in total. The molecule has 1 aromatic heterocycles. The average Bonchev–Trinajstić information content (AvgIpc) is 3.25. The number of fused-ring (bicyclic) bond motifs is 1. The molecule has 0 saturated heterocycles. The summed E-state index contributed by atoms with van der Waals surface area (Å²) in [6.07, 6.45) is 8.67. The minimum atomic E-state index is -0.451. The number of hydrogen-bond acceptors (Lipinski definition) is 2. The number of H-pyrrole nitrogens is 1. The molecule has 1 amide bonds. The molecule has 2 aliphatic rings. The van der Waals surface area contributed by atoms with E-state index in [1.807, 2.05) is 38.1 Å². The van der Waals surface area contributed by atoms with Crippen molar-refractivity contribution >= 4 is 16.9 Å². The Balaban J connectivity index is 1.35. The molecule has 1 aromatic carbocycles. The van der Waals surface area contributed by atoms with E-state index in [0.29, 0.717) is 12.5 Å². The summed E-state index contributed by atoms with van der Waals surface area (Å²) < 4.78 is 0. The van der Waals surface area contributed by atoms with Crippen LogP contribution >= 0.6 is 0 Å². The highest BCUT2D eigenvalue weighted by Crippen LogP contribution is 2.44. The van der Waals surface area contributed by atoms with Crippen molar-refractivity contribution in [3.8, 4) is 0 Å². The standard InChI is InChI=1S/C21H29N3O/c1-21(2,13-19-22-16-10-6-7-11-17(16)23-19)20(25)24-18-12-15(18)14-8-4-3-5-9-14/h6-7,10-11,14-15,18H,3-5,8-9,12-13H2,1-2H3,(H,22,23)(H,24,25)/t15-,18+/m0/s1. The van der Waals surface area contributed by atoms with Gasteiger partial charge in [-0.2, -0.15) is 0 Å². The van der Waals surface area contributed by atoms with Gasteiger partial charge in [-0.05, 0) is 30.4 Å². The zero-order chi connectivity index (χ0) is 17.4.